The second kappa shape index (κ2) is 3.46. The molecule has 0 N–H and O–H groups in total. The van der Waals surface area contributed by atoms with E-state index in [1.54, 1.807) is 0 Å². The molecule has 0 aliphatic heterocycles. The maximum atomic E-state index is 4.31. The highest BCUT2D eigenvalue weighted by atomic mass is 32.1. The quantitative estimate of drug-likeness (QED) is 0.498. The van der Waals surface area contributed by atoms with Crippen LogP contribution in [-0.4, -0.2) is 8.80 Å². The van der Waals surface area contributed by atoms with Crippen LogP contribution in [-0.2, 0) is 0 Å². The Morgan fingerprint density at radius 1 is 1.27 bits per heavy atom. The number of hydrogen-bond acceptors (Lipinski definition) is 1. The minimum absolute atomic E-state index is 0.313. The predicted molar refractivity (Wildman–Crippen MR) is 55.5 cm³/mol. The van der Waals surface area contributed by atoms with Crippen molar-refractivity contribution in [1.29, 1.82) is 0 Å². The molecular weight excluding hydrogens is 168 g/mol. The van der Waals surface area contributed by atoms with Crippen molar-refractivity contribution in [1.82, 2.24) is 0 Å². The molecule has 0 fully saturated rings. The molecule has 2 heteroatoms. The van der Waals surface area contributed by atoms with Crippen LogP contribution in [0.25, 0.3) is 0 Å². The SMILES string of the molecule is Cc1ccc(S)cc1[Si](C)C. The molecule has 0 aromatic heterocycles. The lowest BCUT2D eigenvalue weighted by Gasteiger charge is -2.07. The van der Waals surface area contributed by atoms with E-state index in [2.05, 4.69) is 44.8 Å². The molecular formula is C9H13SSi. The van der Waals surface area contributed by atoms with Crippen LogP contribution in [0.5, 0.6) is 0 Å². The Bertz CT molecular complexity index is 256. The van der Waals surface area contributed by atoms with Crippen molar-refractivity contribution in [3.8, 4) is 0 Å². The van der Waals surface area contributed by atoms with Gasteiger partial charge in [-0.05, 0) is 19.1 Å². The minimum Gasteiger partial charge on any atom is -0.143 e. The van der Waals surface area contributed by atoms with E-state index in [1.165, 1.54) is 10.8 Å². The fraction of sp³-hybridized carbons (Fsp3) is 0.333. The van der Waals surface area contributed by atoms with Gasteiger partial charge in [0, 0.05) is 4.90 Å². The van der Waals surface area contributed by atoms with Gasteiger partial charge in [0.1, 0.15) is 0 Å². The molecule has 0 amide bonds. The molecule has 1 aromatic carbocycles. The molecule has 0 unspecified atom stereocenters. The highest BCUT2D eigenvalue weighted by molar-refractivity contribution is 7.80. The zero-order valence-corrected chi connectivity index (χ0v) is 9.07. The van der Waals surface area contributed by atoms with Crippen molar-refractivity contribution in [2.45, 2.75) is 24.9 Å². The Hall–Kier alpha value is -0.213. The Morgan fingerprint density at radius 3 is 2.36 bits per heavy atom. The van der Waals surface area contributed by atoms with Crippen molar-refractivity contribution in [2.75, 3.05) is 0 Å². The molecule has 59 valence electrons. The first-order chi connectivity index (χ1) is 5.11. The lowest BCUT2D eigenvalue weighted by molar-refractivity contribution is 1.41. The van der Waals surface area contributed by atoms with Gasteiger partial charge in [-0.2, -0.15) is 0 Å². The first-order valence-electron chi connectivity index (χ1n) is 3.71. The van der Waals surface area contributed by atoms with E-state index in [0.717, 1.165) is 4.90 Å². The normalized spacial score (nSPS) is 10.6. The van der Waals surface area contributed by atoms with Crippen molar-refractivity contribution < 1.29 is 0 Å². The van der Waals surface area contributed by atoms with Crippen LogP contribution in [0.2, 0.25) is 13.1 Å². The fourth-order valence-electron chi connectivity index (χ4n) is 1.15. The van der Waals surface area contributed by atoms with Gasteiger partial charge >= 0.3 is 0 Å². The van der Waals surface area contributed by atoms with E-state index >= 15 is 0 Å². The van der Waals surface area contributed by atoms with Gasteiger partial charge < -0.3 is 0 Å². The van der Waals surface area contributed by atoms with E-state index < -0.39 is 0 Å². The first-order valence-corrected chi connectivity index (χ1v) is 6.66. The molecule has 11 heavy (non-hydrogen) atoms. The minimum atomic E-state index is -0.313. The van der Waals surface area contributed by atoms with Gasteiger partial charge in [0.05, 0.1) is 8.80 Å². The number of aryl methyl sites for hydroxylation is 1. The summed E-state index contributed by atoms with van der Waals surface area (Å²) >= 11 is 4.31. The van der Waals surface area contributed by atoms with E-state index in [4.69, 9.17) is 0 Å². The Kier molecular flexibility index (Phi) is 2.79. The summed E-state index contributed by atoms with van der Waals surface area (Å²) in [5.41, 5.74) is 1.40. The Morgan fingerprint density at radius 2 is 1.91 bits per heavy atom. The zero-order valence-electron chi connectivity index (χ0n) is 7.18. The lowest BCUT2D eigenvalue weighted by atomic mass is 10.2. The summed E-state index contributed by atoms with van der Waals surface area (Å²) in [5, 5.41) is 1.50. The maximum Gasteiger partial charge on any atom is 0.0795 e. The summed E-state index contributed by atoms with van der Waals surface area (Å²) < 4.78 is 0. The lowest BCUT2D eigenvalue weighted by Crippen LogP contribution is -2.25. The van der Waals surface area contributed by atoms with Crippen LogP contribution in [0.15, 0.2) is 23.1 Å². The fourth-order valence-corrected chi connectivity index (χ4v) is 2.79. The highest BCUT2D eigenvalue weighted by Gasteiger charge is 2.03. The molecule has 0 nitrogen and oxygen atoms in total. The molecule has 0 bridgehead atoms. The molecule has 0 saturated carbocycles. The number of hydrogen-bond donors (Lipinski definition) is 1. The van der Waals surface area contributed by atoms with Crippen LogP contribution in [0.4, 0.5) is 0 Å². The summed E-state index contributed by atoms with van der Waals surface area (Å²) in [7, 11) is -0.313. The van der Waals surface area contributed by atoms with Gasteiger partial charge in [-0.15, -0.1) is 12.6 Å². The van der Waals surface area contributed by atoms with Crippen LogP contribution >= 0.6 is 12.6 Å². The Balaban J connectivity index is 3.13. The standard InChI is InChI=1S/C9H13SSi/c1-7-4-5-8(10)6-9(7)11(2)3/h4-6,10H,1-3H3. The Labute approximate surface area is 75.7 Å². The third-order valence-corrected chi connectivity index (χ3v) is 3.65. The highest BCUT2D eigenvalue weighted by Crippen LogP contribution is 2.06. The molecule has 1 rings (SSSR count). The first kappa shape index (κ1) is 8.88. The summed E-state index contributed by atoms with van der Waals surface area (Å²) in [5.74, 6) is 0. The average molecular weight is 181 g/mol. The third-order valence-electron chi connectivity index (χ3n) is 1.76. The van der Waals surface area contributed by atoms with Gasteiger partial charge in [0.25, 0.3) is 0 Å². The average Bonchev–Trinajstić information content (AvgIpc) is 1.94. The number of benzene rings is 1. The van der Waals surface area contributed by atoms with Gasteiger partial charge in [0.15, 0.2) is 0 Å². The molecule has 0 heterocycles. The molecule has 1 radical (unpaired) electrons. The smallest absolute Gasteiger partial charge is 0.0795 e. The number of thiol groups is 1. The van der Waals surface area contributed by atoms with Crippen LogP contribution in [0, 0.1) is 6.92 Å². The van der Waals surface area contributed by atoms with Crippen molar-refractivity contribution in [2.24, 2.45) is 0 Å². The van der Waals surface area contributed by atoms with Gasteiger partial charge in [-0.1, -0.05) is 29.9 Å². The molecule has 0 aliphatic carbocycles. The van der Waals surface area contributed by atoms with E-state index in [1.807, 2.05) is 6.07 Å². The monoisotopic (exact) mass is 181 g/mol. The van der Waals surface area contributed by atoms with Gasteiger partial charge in [-0.3, -0.25) is 0 Å². The van der Waals surface area contributed by atoms with E-state index in [9.17, 15) is 0 Å². The predicted octanol–water partition coefficient (Wildman–Crippen LogP) is 2.25. The van der Waals surface area contributed by atoms with E-state index in [-0.39, 0.29) is 8.80 Å². The summed E-state index contributed by atoms with van der Waals surface area (Å²) in [4.78, 5) is 1.08. The zero-order chi connectivity index (χ0) is 8.43. The second-order valence-corrected chi connectivity index (χ2v) is 6.05. The third kappa shape index (κ3) is 2.11. The summed E-state index contributed by atoms with van der Waals surface area (Å²) in [6, 6.07) is 6.38. The van der Waals surface area contributed by atoms with Crippen LogP contribution < -0.4 is 5.19 Å². The molecule has 0 saturated heterocycles. The van der Waals surface area contributed by atoms with Crippen LogP contribution in [0.3, 0.4) is 0 Å². The van der Waals surface area contributed by atoms with E-state index in [0.29, 0.717) is 0 Å². The van der Waals surface area contributed by atoms with Crippen LogP contribution in [0.1, 0.15) is 5.56 Å². The van der Waals surface area contributed by atoms with Crippen molar-refractivity contribution in [3.63, 3.8) is 0 Å². The topological polar surface area (TPSA) is 0 Å². The molecule has 0 atom stereocenters. The number of rotatable bonds is 1. The maximum absolute atomic E-state index is 4.31. The van der Waals surface area contributed by atoms with Crippen molar-refractivity contribution in [3.05, 3.63) is 23.8 Å². The summed E-state index contributed by atoms with van der Waals surface area (Å²) in [6.07, 6.45) is 0. The molecule has 0 spiro atoms. The molecule has 1 aromatic rings. The van der Waals surface area contributed by atoms with Crippen molar-refractivity contribution >= 4 is 26.6 Å². The summed E-state index contributed by atoms with van der Waals surface area (Å²) in [6.45, 7) is 6.78. The molecule has 0 aliphatic rings. The van der Waals surface area contributed by atoms with Gasteiger partial charge in [-0.25, -0.2) is 0 Å². The van der Waals surface area contributed by atoms with Gasteiger partial charge in [0.2, 0.25) is 0 Å². The largest absolute Gasteiger partial charge is 0.143 e. The second-order valence-electron chi connectivity index (χ2n) is 3.00.